The highest BCUT2D eigenvalue weighted by molar-refractivity contribution is 6.29. The van der Waals surface area contributed by atoms with E-state index in [1.54, 1.807) is 0 Å². The van der Waals surface area contributed by atoms with E-state index in [1.165, 1.54) is 16.7 Å². The second kappa shape index (κ2) is 6.16. The molecule has 0 bridgehead atoms. The molecule has 1 aliphatic rings. The summed E-state index contributed by atoms with van der Waals surface area (Å²) in [5, 5.41) is 5.28. The normalized spacial score (nSPS) is 14.6. The summed E-state index contributed by atoms with van der Waals surface area (Å²) in [5.41, 5.74) is 8.89. The van der Waals surface area contributed by atoms with Crippen molar-refractivity contribution in [1.82, 2.24) is 14.6 Å². The number of rotatable bonds is 2. The Morgan fingerprint density at radius 1 is 1.04 bits per heavy atom. The first-order valence-electron chi connectivity index (χ1n) is 8.52. The van der Waals surface area contributed by atoms with Crippen LogP contribution in [0.3, 0.4) is 0 Å². The van der Waals surface area contributed by atoms with Crippen molar-refractivity contribution < 1.29 is 0 Å². The average Bonchev–Trinajstić information content (AvgIpc) is 2.91. The molecule has 0 saturated carbocycles. The third-order valence-corrected chi connectivity index (χ3v) is 4.92. The van der Waals surface area contributed by atoms with E-state index in [0.29, 0.717) is 5.15 Å². The van der Waals surface area contributed by atoms with Crippen LogP contribution in [0.1, 0.15) is 36.6 Å². The molecule has 0 saturated heterocycles. The Kier molecular flexibility index (Phi) is 3.97. The molecule has 2 heterocycles. The van der Waals surface area contributed by atoms with Gasteiger partial charge in [-0.2, -0.15) is 5.10 Å². The Bertz CT molecular complexity index is 1040. The van der Waals surface area contributed by atoms with Gasteiger partial charge in [0.25, 0.3) is 0 Å². The van der Waals surface area contributed by atoms with Gasteiger partial charge in [-0.25, -0.2) is 9.50 Å². The van der Waals surface area contributed by atoms with Crippen LogP contribution in [-0.4, -0.2) is 14.6 Å². The van der Waals surface area contributed by atoms with Gasteiger partial charge in [-0.15, -0.1) is 0 Å². The SMILES string of the molecule is CC1=CC=C(c2c(C)nn3c(-c4cccc(C)c4)cc(Cl)nc23)CC1. The topological polar surface area (TPSA) is 30.2 Å². The second-order valence-electron chi connectivity index (χ2n) is 6.73. The lowest BCUT2D eigenvalue weighted by Gasteiger charge is -2.12. The van der Waals surface area contributed by atoms with Crippen molar-refractivity contribution in [2.24, 2.45) is 0 Å². The maximum Gasteiger partial charge on any atom is 0.165 e. The molecule has 3 nitrogen and oxygen atoms in total. The summed E-state index contributed by atoms with van der Waals surface area (Å²) < 4.78 is 1.93. The number of hydrogen-bond donors (Lipinski definition) is 0. The van der Waals surface area contributed by atoms with Crippen molar-refractivity contribution in [2.45, 2.75) is 33.6 Å². The highest BCUT2D eigenvalue weighted by atomic mass is 35.5. The molecule has 0 fully saturated rings. The van der Waals surface area contributed by atoms with Gasteiger partial charge in [0.05, 0.1) is 11.4 Å². The zero-order valence-electron chi connectivity index (χ0n) is 14.7. The fraction of sp³-hybridized carbons (Fsp3) is 0.238. The first-order chi connectivity index (χ1) is 12.0. The Balaban J connectivity index is 1.98. The van der Waals surface area contributed by atoms with Gasteiger partial charge in [-0.3, -0.25) is 0 Å². The van der Waals surface area contributed by atoms with Crippen LogP contribution in [-0.2, 0) is 0 Å². The second-order valence-corrected chi connectivity index (χ2v) is 7.12. The van der Waals surface area contributed by atoms with Crippen LogP contribution in [0.4, 0.5) is 0 Å². The minimum Gasteiger partial charge on any atom is -0.216 e. The maximum atomic E-state index is 6.37. The maximum absolute atomic E-state index is 6.37. The number of benzene rings is 1. The van der Waals surface area contributed by atoms with Crippen molar-refractivity contribution >= 4 is 22.8 Å². The van der Waals surface area contributed by atoms with Crippen molar-refractivity contribution in [3.05, 3.63) is 70.0 Å². The number of hydrogen-bond acceptors (Lipinski definition) is 2. The highest BCUT2D eigenvalue weighted by Crippen LogP contribution is 2.33. The minimum absolute atomic E-state index is 0.494. The molecule has 0 atom stereocenters. The van der Waals surface area contributed by atoms with Gasteiger partial charge >= 0.3 is 0 Å². The fourth-order valence-corrected chi connectivity index (χ4v) is 3.61. The van der Waals surface area contributed by atoms with Crippen LogP contribution < -0.4 is 0 Å². The van der Waals surface area contributed by atoms with Gasteiger partial charge in [0, 0.05) is 17.2 Å². The number of allylic oxidation sites excluding steroid dienone is 4. The Morgan fingerprint density at radius 3 is 2.60 bits per heavy atom. The van der Waals surface area contributed by atoms with Crippen LogP contribution in [0.2, 0.25) is 5.15 Å². The molecule has 2 aromatic heterocycles. The molecule has 0 radical (unpaired) electrons. The minimum atomic E-state index is 0.494. The van der Waals surface area contributed by atoms with E-state index in [1.807, 2.05) is 17.5 Å². The molecular weight excluding hydrogens is 330 g/mol. The summed E-state index contributed by atoms with van der Waals surface area (Å²) >= 11 is 6.37. The zero-order chi connectivity index (χ0) is 17.6. The molecule has 0 N–H and O–H groups in total. The number of halogens is 1. The van der Waals surface area contributed by atoms with E-state index >= 15 is 0 Å². The van der Waals surface area contributed by atoms with Gasteiger partial charge in [0.1, 0.15) is 5.15 Å². The average molecular weight is 350 g/mol. The summed E-state index contributed by atoms with van der Waals surface area (Å²) in [4.78, 5) is 4.60. The number of fused-ring (bicyclic) bond motifs is 1. The predicted octanol–water partition coefficient (Wildman–Crippen LogP) is 5.79. The van der Waals surface area contributed by atoms with Gasteiger partial charge < -0.3 is 0 Å². The lowest BCUT2D eigenvalue weighted by atomic mass is 9.94. The molecule has 0 aliphatic heterocycles. The van der Waals surface area contributed by atoms with Crippen LogP contribution >= 0.6 is 11.6 Å². The lowest BCUT2D eigenvalue weighted by molar-refractivity contribution is 0.924. The molecule has 1 aromatic carbocycles. The van der Waals surface area contributed by atoms with Crippen molar-refractivity contribution in [1.29, 1.82) is 0 Å². The van der Waals surface area contributed by atoms with Gasteiger partial charge in [-0.1, -0.05) is 53.1 Å². The fourth-order valence-electron chi connectivity index (χ4n) is 3.43. The zero-order valence-corrected chi connectivity index (χ0v) is 15.4. The van der Waals surface area contributed by atoms with E-state index < -0.39 is 0 Å². The lowest BCUT2D eigenvalue weighted by Crippen LogP contribution is -1.98. The predicted molar refractivity (Wildman–Crippen MR) is 104 cm³/mol. The van der Waals surface area contributed by atoms with Crippen molar-refractivity contribution in [3.63, 3.8) is 0 Å². The van der Waals surface area contributed by atoms with Gasteiger partial charge in [0.2, 0.25) is 0 Å². The summed E-state index contributed by atoms with van der Waals surface area (Å²) in [6, 6.07) is 10.3. The molecule has 0 amide bonds. The van der Waals surface area contributed by atoms with Crippen LogP contribution in [0.5, 0.6) is 0 Å². The van der Waals surface area contributed by atoms with Crippen molar-refractivity contribution in [3.8, 4) is 11.3 Å². The Morgan fingerprint density at radius 2 is 1.88 bits per heavy atom. The van der Waals surface area contributed by atoms with Gasteiger partial charge in [0.15, 0.2) is 5.65 Å². The molecule has 25 heavy (non-hydrogen) atoms. The van der Waals surface area contributed by atoms with Crippen molar-refractivity contribution in [2.75, 3.05) is 0 Å². The number of aromatic nitrogens is 3. The van der Waals surface area contributed by atoms with Crippen LogP contribution in [0.15, 0.2) is 48.1 Å². The molecular formula is C21H20ClN3. The monoisotopic (exact) mass is 349 g/mol. The first kappa shape index (κ1) is 16.1. The Labute approximate surface area is 152 Å². The van der Waals surface area contributed by atoms with E-state index in [4.69, 9.17) is 16.7 Å². The smallest absolute Gasteiger partial charge is 0.165 e. The van der Waals surface area contributed by atoms with Crippen LogP contribution in [0.25, 0.3) is 22.5 Å². The molecule has 4 heteroatoms. The third kappa shape index (κ3) is 2.89. The van der Waals surface area contributed by atoms with Gasteiger partial charge in [-0.05, 0) is 45.3 Å². The highest BCUT2D eigenvalue weighted by Gasteiger charge is 2.19. The molecule has 126 valence electrons. The van der Waals surface area contributed by atoms with Crippen LogP contribution in [0, 0.1) is 13.8 Å². The summed E-state index contributed by atoms with van der Waals surface area (Å²) in [5.74, 6) is 0. The Hall–Kier alpha value is -2.39. The molecule has 0 unspecified atom stereocenters. The molecule has 3 aromatic rings. The molecule has 4 rings (SSSR count). The first-order valence-corrected chi connectivity index (χ1v) is 8.90. The third-order valence-electron chi connectivity index (χ3n) is 4.73. The summed E-state index contributed by atoms with van der Waals surface area (Å²) in [7, 11) is 0. The van der Waals surface area contributed by atoms with E-state index in [2.05, 4.69) is 55.2 Å². The largest absolute Gasteiger partial charge is 0.216 e. The standard InChI is InChI=1S/C21H20ClN3/c1-13-7-9-16(10-8-13)20-15(3)24-25-18(12-19(22)23-21(20)25)17-6-4-5-14(2)11-17/h4-7,9,11-12H,8,10H2,1-3H3. The number of nitrogens with zero attached hydrogens (tertiary/aromatic N) is 3. The van der Waals surface area contributed by atoms with E-state index in [9.17, 15) is 0 Å². The van der Waals surface area contributed by atoms with E-state index in [-0.39, 0.29) is 0 Å². The van der Waals surface area contributed by atoms with E-state index in [0.717, 1.165) is 41.0 Å². The number of aryl methyl sites for hydroxylation is 2. The molecule has 1 aliphatic carbocycles. The molecule has 0 spiro atoms. The summed E-state index contributed by atoms with van der Waals surface area (Å²) in [6.07, 6.45) is 6.47. The quantitative estimate of drug-likeness (QED) is 0.548. The summed E-state index contributed by atoms with van der Waals surface area (Å²) in [6.45, 7) is 6.30.